The summed E-state index contributed by atoms with van der Waals surface area (Å²) < 4.78 is 5.10. The van der Waals surface area contributed by atoms with Crippen molar-refractivity contribution in [2.75, 3.05) is 26.8 Å². The number of hydrogen-bond acceptors (Lipinski definition) is 3. The lowest BCUT2D eigenvalue weighted by molar-refractivity contribution is -0.155. The van der Waals surface area contributed by atoms with Crippen LogP contribution in [-0.4, -0.2) is 48.7 Å². The Bertz CT molecular complexity index is 342. The first-order chi connectivity index (χ1) is 8.81. The Morgan fingerprint density at radius 2 is 2.11 bits per heavy atom. The van der Waals surface area contributed by atoms with Crippen LogP contribution in [0.1, 0.15) is 33.6 Å². The number of likely N-dealkylation sites (tertiary alicyclic amines) is 1. The highest BCUT2D eigenvalue weighted by molar-refractivity contribution is 5.85. The van der Waals surface area contributed by atoms with E-state index in [1.165, 1.54) is 0 Å². The number of amides is 1. The first-order valence-electron chi connectivity index (χ1n) is 6.81. The Kier molecular flexibility index (Phi) is 5.35. The summed E-state index contributed by atoms with van der Waals surface area (Å²) in [6, 6.07) is 0. The van der Waals surface area contributed by atoms with Gasteiger partial charge in [-0.25, -0.2) is 0 Å². The topological polar surface area (TPSA) is 66.8 Å². The summed E-state index contributed by atoms with van der Waals surface area (Å²) in [5.74, 6) is -0.656. The maximum atomic E-state index is 12.2. The number of ether oxygens (including phenoxy) is 1. The lowest BCUT2D eigenvalue weighted by atomic mass is 9.76. The molecule has 0 saturated carbocycles. The predicted octanol–water partition coefficient (Wildman–Crippen LogP) is 1.62. The molecule has 0 spiro atoms. The first-order valence-corrected chi connectivity index (χ1v) is 6.81. The minimum Gasteiger partial charge on any atom is -0.481 e. The van der Waals surface area contributed by atoms with Crippen LogP contribution in [0, 0.1) is 17.3 Å². The standard InChI is InChI=1S/C14H25NO4/c1-10(2)14(3,13(17)18)7-12(16)15-6-5-11(8-15)9-19-4/h10-11H,5-9H2,1-4H3,(H,17,18). The van der Waals surface area contributed by atoms with Crippen molar-refractivity contribution < 1.29 is 19.4 Å². The minimum absolute atomic E-state index is 0.0581. The Balaban J connectivity index is 2.62. The molecule has 2 atom stereocenters. The third-order valence-corrected chi connectivity index (χ3v) is 4.32. The van der Waals surface area contributed by atoms with Gasteiger partial charge in [0, 0.05) is 32.5 Å². The molecule has 19 heavy (non-hydrogen) atoms. The molecular weight excluding hydrogens is 246 g/mol. The summed E-state index contributed by atoms with van der Waals surface area (Å²) in [4.78, 5) is 25.4. The first kappa shape index (κ1) is 16.0. The van der Waals surface area contributed by atoms with Crippen LogP contribution in [0.25, 0.3) is 0 Å². The summed E-state index contributed by atoms with van der Waals surface area (Å²) >= 11 is 0. The summed E-state index contributed by atoms with van der Waals surface area (Å²) in [5.41, 5.74) is -0.990. The third kappa shape index (κ3) is 3.69. The van der Waals surface area contributed by atoms with Crippen molar-refractivity contribution >= 4 is 11.9 Å². The number of carbonyl (C=O) groups excluding carboxylic acids is 1. The third-order valence-electron chi connectivity index (χ3n) is 4.32. The Hall–Kier alpha value is -1.10. The van der Waals surface area contributed by atoms with Gasteiger partial charge in [0.25, 0.3) is 0 Å². The summed E-state index contributed by atoms with van der Waals surface area (Å²) in [6.45, 7) is 7.39. The number of carboxylic acids is 1. The van der Waals surface area contributed by atoms with Crippen LogP contribution >= 0.6 is 0 Å². The molecule has 1 N–H and O–H groups in total. The fourth-order valence-electron chi connectivity index (χ4n) is 2.38. The molecule has 0 bridgehead atoms. The van der Waals surface area contributed by atoms with Gasteiger partial charge in [-0.3, -0.25) is 9.59 Å². The van der Waals surface area contributed by atoms with Crippen LogP contribution in [0.4, 0.5) is 0 Å². The van der Waals surface area contributed by atoms with E-state index in [1.807, 2.05) is 13.8 Å². The Morgan fingerprint density at radius 3 is 2.58 bits per heavy atom. The highest BCUT2D eigenvalue weighted by Gasteiger charge is 2.40. The van der Waals surface area contributed by atoms with Crippen LogP contribution < -0.4 is 0 Å². The number of aliphatic carboxylic acids is 1. The highest BCUT2D eigenvalue weighted by atomic mass is 16.5. The van der Waals surface area contributed by atoms with Gasteiger partial charge in [0.2, 0.25) is 5.91 Å². The van der Waals surface area contributed by atoms with Gasteiger partial charge in [-0.15, -0.1) is 0 Å². The van der Waals surface area contributed by atoms with E-state index in [0.29, 0.717) is 25.6 Å². The van der Waals surface area contributed by atoms with Gasteiger partial charge in [-0.1, -0.05) is 13.8 Å². The molecule has 1 amide bonds. The van der Waals surface area contributed by atoms with Crippen LogP contribution in [0.15, 0.2) is 0 Å². The summed E-state index contributed by atoms with van der Waals surface area (Å²) in [7, 11) is 1.66. The van der Waals surface area contributed by atoms with Crippen molar-refractivity contribution in [2.24, 2.45) is 17.3 Å². The van der Waals surface area contributed by atoms with Crippen LogP contribution in [0.2, 0.25) is 0 Å². The van der Waals surface area contributed by atoms with Gasteiger partial charge < -0.3 is 14.7 Å². The van der Waals surface area contributed by atoms with Gasteiger partial charge >= 0.3 is 5.97 Å². The van der Waals surface area contributed by atoms with Crippen LogP contribution in [-0.2, 0) is 14.3 Å². The van der Waals surface area contributed by atoms with E-state index >= 15 is 0 Å². The summed E-state index contributed by atoms with van der Waals surface area (Å²) in [6.07, 6.45) is 1.00. The Morgan fingerprint density at radius 1 is 1.47 bits per heavy atom. The van der Waals surface area contributed by atoms with Crippen LogP contribution in [0.5, 0.6) is 0 Å². The van der Waals surface area contributed by atoms with Gasteiger partial charge in [0.05, 0.1) is 12.0 Å². The maximum Gasteiger partial charge on any atom is 0.310 e. The molecule has 1 rings (SSSR count). The quantitative estimate of drug-likeness (QED) is 0.797. The van der Waals surface area contributed by atoms with E-state index < -0.39 is 11.4 Å². The molecule has 1 aliphatic rings. The van der Waals surface area contributed by atoms with E-state index in [9.17, 15) is 14.7 Å². The Labute approximate surface area is 114 Å². The van der Waals surface area contributed by atoms with E-state index in [0.717, 1.165) is 6.42 Å². The highest BCUT2D eigenvalue weighted by Crippen LogP contribution is 2.33. The van der Waals surface area contributed by atoms with Gasteiger partial charge in [0.1, 0.15) is 0 Å². The van der Waals surface area contributed by atoms with Crippen LogP contribution in [0.3, 0.4) is 0 Å². The van der Waals surface area contributed by atoms with Crippen molar-refractivity contribution in [3.05, 3.63) is 0 Å². The fraction of sp³-hybridized carbons (Fsp3) is 0.857. The molecule has 0 aromatic carbocycles. The van der Waals surface area contributed by atoms with E-state index in [2.05, 4.69) is 0 Å². The number of nitrogens with zero attached hydrogens (tertiary/aromatic N) is 1. The molecule has 0 aliphatic carbocycles. The molecule has 0 radical (unpaired) electrons. The molecular formula is C14H25NO4. The molecule has 1 heterocycles. The number of methoxy groups -OCH3 is 1. The van der Waals surface area contributed by atoms with Crippen molar-refractivity contribution in [1.29, 1.82) is 0 Å². The van der Waals surface area contributed by atoms with E-state index in [1.54, 1.807) is 18.9 Å². The molecule has 2 unspecified atom stereocenters. The average Bonchev–Trinajstić information content (AvgIpc) is 2.77. The number of rotatable bonds is 6. The molecule has 1 saturated heterocycles. The van der Waals surface area contributed by atoms with E-state index in [4.69, 9.17) is 4.74 Å². The second kappa shape index (κ2) is 6.37. The number of hydrogen-bond donors (Lipinski definition) is 1. The zero-order chi connectivity index (χ0) is 14.6. The summed E-state index contributed by atoms with van der Waals surface area (Å²) in [5, 5.41) is 9.34. The largest absolute Gasteiger partial charge is 0.481 e. The molecule has 1 fully saturated rings. The minimum atomic E-state index is -0.990. The molecule has 0 aromatic heterocycles. The lowest BCUT2D eigenvalue weighted by Gasteiger charge is -2.30. The zero-order valence-electron chi connectivity index (χ0n) is 12.3. The van der Waals surface area contributed by atoms with Crippen molar-refractivity contribution in [1.82, 2.24) is 4.90 Å². The number of carboxylic acid groups (broad SMARTS) is 1. The molecule has 0 aromatic rings. The normalized spacial score (nSPS) is 22.6. The van der Waals surface area contributed by atoms with E-state index in [-0.39, 0.29) is 18.2 Å². The SMILES string of the molecule is COCC1CCN(C(=O)CC(C)(C(=O)O)C(C)C)C1. The maximum absolute atomic E-state index is 12.2. The smallest absolute Gasteiger partial charge is 0.310 e. The molecule has 1 aliphatic heterocycles. The number of carbonyl (C=O) groups is 2. The fourth-order valence-corrected chi connectivity index (χ4v) is 2.38. The molecule has 5 nitrogen and oxygen atoms in total. The van der Waals surface area contributed by atoms with Gasteiger partial charge in [-0.05, 0) is 19.3 Å². The average molecular weight is 271 g/mol. The lowest BCUT2D eigenvalue weighted by Crippen LogP contribution is -2.40. The van der Waals surface area contributed by atoms with Crippen molar-refractivity contribution in [3.8, 4) is 0 Å². The molecule has 110 valence electrons. The predicted molar refractivity (Wildman–Crippen MR) is 71.8 cm³/mol. The second-order valence-corrected chi connectivity index (χ2v) is 6.00. The van der Waals surface area contributed by atoms with Gasteiger partial charge in [-0.2, -0.15) is 0 Å². The van der Waals surface area contributed by atoms with Crippen molar-refractivity contribution in [3.63, 3.8) is 0 Å². The zero-order valence-corrected chi connectivity index (χ0v) is 12.3. The monoisotopic (exact) mass is 271 g/mol. The second-order valence-electron chi connectivity index (χ2n) is 6.00. The van der Waals surface area contributed by atoms with Gasteiger partial charge in [0.15, 0.2) is 0 Å². The molecule has 5 heteroatoms. The van der Waals surface area contributed by atoms with Crippen molar-refractivity contribution in [2.45, 2.75) is 33.6 Å².